The third-order valence-corrected chi connectivity index (χ3v) is 9.06. The predicted molar refractivity (Wildman–Crippen MR) is 165 cm³/mol. The van der Waals surface area contributed by atoms with Crippen molar-refractivity contribution < 1.29 is 18.3 Å². The summed E-state index contributed by atoms with van der Waals surface area (Å²) in [6.07, 6.45) is 8.88. The zero-order valence-electron chi connectivity index (χ0n) is 23.4. The van der Waals surface area contributed by atoms with E-state index in [-0.39, 0.29) is 35.5 Å². The number of ketones is 1. The van der Waals surface area contributed by atoms with Gasteiger partial charge in [-0.25, -0.2) is 18.6 Å². The Kier molecular flexibility index (Phi) is 7.92. The van der Waals surface area contributed by atoms with Crippen LogP contribution in [-0.2, 0) is 4.79 Å². The van der Waals surface area contributed by atoms with E-state index in [9.17, 15) is 18.4 Å². The van der Waals surface area contributed by atoms with Gasteiger partial charge in [-0.3, -0.25) is 18.8 Å². The topological polar surface area (TPSA) is 119 Å². The number of hydrogen-bond acceptors (Lipinski definition) is 7. The largest absolute Gasteiger partial charge is 0.451 e. The van der Waals surface area contributed by atoms with Gasteiger partial charge in [-0.05, 0) is 67.4 Å². The number of piperidine rings is 1. The van der Waals surface area contributed by atoms with Crippen LogP contribution in [0, 0.1) is 23.0 Å². The lowest BCUT2D eigenvalue weighted by molar-refractivity contribution is -0.115. The molecule has 1 fully saturated rings. The third kappa shape index (κ3) is 5.33. The molecule has 1 saturated heterocycles. The number of nitriles is 1. The average Bonchev–Trinajstić information content (AvgIpc) is 3.32. The Morgan fingerprint density at radius 1 is 1.18 bits per heavy atom. The van der Waals surface area contributed by atoms with Crippen molar-refractivity contribution in [2.24, 2.45) is 0 Å². The van der Waals surface area contributed by atoms with Crippen LogP contribution in [0.15, 0.2) is 83.3 Å². The van der Waals surface area contributed by atoms with Crippen molar-refractivity contribution in [1.82, 2.24) is 19.0 Å². The first-order valence-corrected chi connectivity index (χ1v) is 14.8. The number of carbonyl (C=O) groups excluding carboxylic acids is 1. The zero-order chi connectivity index (χ0) is 31.0. The smallest absolute Gasteiger partial charge is 0.334 e. The van der Waals surface area contributed by atoms with Crippen molar-refractivity contribution in [1.29, 1.82) is 5.26 Å². The van der Waals surface area contributed by atoms with Gasteiger partial charge in [-0.15, -0.1) is 0 Å². The number of fused-ring (bicyclic) bond motifs is 1. The maximum absolute atomic E-state index is 14.2. The molecule has 0 bridgehead atoms. The lowest BCUT2D eigenvalue weighted by atomic mass is 9.93. The predicted octanol–water partition coefficient (Wildman–Crippen LogP) is 5.94. The fourth-order valence-electron chi connectivity index (χ4n) is 5.94. The number of para-hydroxylation sites is 1. The van der Waals surface area contributed by atoms with Gasteiger partial charge in [0.25, 0.3) is 0 Å². The number of nitrogens with zero attached hydrogens (tertiary/aromatic N) is 5. The number of rotatable bonds is 7. The number of allylic oxidation sites excluding steroid dienone is 2. The molecule has 0 saturated carbocycles. The minimum absolute atomic E-state index is 0.178. The Hall–Kier alpha value is -4.60. The maximum Gasteiger partial charge on any atom is 0.334 e. The van der Waals surface area contributed by atoms with Gasteiger partial charge in [0, 0.05) is 19.2 Å². The van der Waals surface area contributed by atoms with Crippen LogP contribution in [-0.4, -0.2) is 42.3 Å². The summed E-state index contributed by atoms with van der Waals surface area (Å²) in [5.41, 5.74) is 8.13. The number of alkyl halides is 1. The van der Waals surface area contributed by atoms with Gasteiger partial charge in [0.15, 0.2) is 23.2 Å². The van der Waals surface area contributed by atoms with Crippen molar-refractivity contribution in [2.75, 3.05) is 18.8 Å². The van der Waals surface area contributed by atoms with E-state index in [1.807, 2.05) is 18.2 Å². The van der Waals surface area contributed by atoms with Crippen molar-refractivity contribution in [3.05, 3.63) is 101 Å². The van der Waals surface area contributed by atoms with Crippen LogP contribution >= 0.6 is 15.9 Å². The summed E-state index contributed by atoms with van der Waals surface area (Å²) < 4.78 is 36.3. The number of halogens is 3. The van der Waals surface area contributed by atoms with Gasteiger partial charge < -0.3 is 10.5 Å². The van der Waals surface area contributed by atoms with Crippen molar-refractivity contribution in [3.63, 3.8) is 0 Å². The molecule has 2 N–H and O–H groups in total. The molecule has 2 atom stereocenters. The van der Waals surface area contributed by atoms with Gasteiger partial charge in [-0.1, -0.05) is 40.2 Å². The molecule has 1 aliphatic carbocycles. The summed E-state index contributed by atoms with van der Waals surface area (Å²) in [7, 11) is 0. The highest BCUT2D eigenvalue weighted by Crippen LogP contribution is 2.40. The molecule has 6 rings (SSSR count). The molecule has 224 valence electrons. The molecule has 9 nitrogen and oxygen atoms in total. The summed E-state index contributed by atoms with van der Waals surface area (Å²) in [5, 5.41) is 9.00. The molecule has 2 aromatic heterocycles. The van der Waals surface area contributed by atoms with Gasteiger partial charge in [0.2, 0.25) is 0 Å². The van der Waals surface area contributed by atoms with E-state index in [1.54, 1.807) is 35.0 Å². The summed E-state index contributed by atoms with van der Waals surface area (Å²) in [6.45, 7) is 1.25. The lowest BCUT2D eigenvalue weighted by Crippen LogP contribution is -2.50. The van der Waals surface area contributed by atoms with Crippen LogP contribution < -0.4 is 16.2 Å². The molecule has 0 spiro atoms. The van der Waals surface area contributed by atoms with Crippen molar-refractivity contribution in [2.45, 2.75) is 36.2 Å². The average molecular weight is 662 g/mol. The van der Waals surface area contributed by atoms with Crippen molar-refractivity contribution >= 4 is 38.6 Å². The molecule has 2 aliphatic rings. The fourth-order valence-corrected chi connectivity index (χ4v) is 6.71. The number of carbonyl (C=O) groups is 1. The molecule has 3 heterocycles. The molecule has 4 aromatic rings. The Bertz CT molecular complexity index is 1910. The summed E-state index contributed by atoms with van der Waals surface area (Å²) in [4.78, 5) is 33.1. The number of likely N-dealkylation sites (tertiary alicyclic amines) is 1. The Labute approximate surface area is 259 Å². The number of hydrogen-bond donors (Lipinski definition) is 1. The number of nitrogens with two attached hydrogens (primary N) is 1. The molecule has 12 heteroatoms. The lowest BCUT2D eigenvalue weighted by Gasteiger charge is -2.44. The molecule has 1 aliphatic heterocycles. The minimum Gasteiger partial charge on any atom is -0.451 e. The van der Waals surface area contributed by atoms with E-state index in [4.69, 9.17) is 15.7 Å². The maximum atomic E-state index is 14.2. The van der Waals surface area contributed by atoms with Crippen LogP contribution in [0.1, 0.15) is 31.7 Å². The van der Waals surface area contributed by atoms with E-state index in [0.717, 1.165) is 31.5 Å². The normalized spacial score (nSPS) is 20.3. The second-order valence-corrected chi connectivity index (χ2v) is 12.1. The molecule has 0 radical (unpaired) electrons. The zero-order valence-corrected chi connectivity index (χ0v) is 25.0. The van der Waals surface area contributed by atoms with Gasteiger partial charge >= 0.3 is 5.69 Å². The van der Waals surface area contributed by atoms with E-state index >= 15 is 0 Å². The number of aromatic nitrogens is 3. The number of Topliss-reactive ketones (excluding diaryl/α,β-unsaturated/α-hetero) is 1. The summed E-state index contributed by atoms with van der Waals surface area (Å²) in [6, 6.07) is 13.2. The first-order chi connectivity index (χ1) is 21.2. The number of pyridine rings is 1. The Morgan fingerprint density at radius 2 is 1.93 bits per heavy atom. The van der Waals surface area contributed by atoms with E-state index in [2.05, 4.69) is 25.8 Å². The number of nitrogen functional groups attached to an aromatic ring is 1. The quantitative estimate of drug-likeness (QED) is 0.193. The number of imidazole rings is 1. The summed E-state index contributed by atoms with van der Waals surface area (Å²) in [5.74, 6) is -2.01. The molecular formula is C32H27BrF2N6O3. The van der Waals surface area contributed by atoms with Crippen LogP contribution in [0.5, 0.6) is 11.5 Å². The summed E-state index contributed by atoms with van der Waals surface area (Å²) >= 11 is 3.86. The molecule has 0 amide bonds. The number of anilines is 1. The molecule has 1 unspecified atom stereocenters. The first-order valence-electron chi connectivity index (χ1n) is 14.0. The third-order valence-electron chi connectivity index (χ3n) is 8.02. The molecule has 44 heavy (non-hydrogen) atoms. The monoisotopic (exact) mass is 660 g/mol. The second-order valence-electron chi connectivity index (χ2n) is 10.7. The second kappa shape index (κ2) is 11.8. The van der Waals surface area contributed by atoms with Gasteiger partial charge in [0.1, 0.15) is 17.1 Å². The molecular weight excluding hydrogens is 634 g/mol. The molecule has 2 aromatic carbocycles. The van der Waals surface area contributed by atoms with Crippen LogP contribution in [0.25, 0.3) is 16.7 Å². The minimum atomic E-state index is -0.830. The highest BCUT2D eigenvalue weighted by Gasteiger charge is 2.39. The van der Waals surface area contributed by atoms with E-state index in [0.29, 0.717) is 35.3 Å². The van der Waals surface area contributed by atoms with E-state index in [1.165, 1.54) is 22.8 Å². The Balaban J connectivity index is 1.33. The number of benzene rings is 2. The first kappa shape index (κ1) is 29.5. The highest BCUT2D eigenvalue weighted by molar-refractivity contribution is 9.10. The fraction of sp³-hybridized carbons (Fsp3) is 0.250. The highest BCUT2D eigenvalue weighted by atomic mass is 79.9. The van der Waals surface area contributed by atoms with Crippen molar-refractivity contribution in [3.8, 4) is 23.3 Å². The number of ether oxygens (including phenoxy) is 1. The van der Waals surface area contributed by atoms with Crippen LogP contribution in [0.4, 0.5) is 14.6 Å². The Morgan fingerprint density at radius 3 is 2.66 bits per heavy atom. The van der Waals surface area contributed by atoms with Crippen LogP contribution in [0.2, 0.25) is 0 Å². The van der Waals surface area contributed by atoms with Crippen LogP contribution in [0.3, 0.4) is 0 Å². The van der Waals surface area contributed by atoms with Gasteiger partial charge in [-0.2, -0.15) is 5.26 Å². The van der Waals surface area contributed by atoms with E-state index < -0.39 is 21.8 Å². The van der Waals surface area contributed by atoms with Gasteiger partial charge in [0.05, 0.1) is 34.2 Å². The standard InChI is InChI=1S/C32H27BrF2N6O3/c33-32(14-2-4-20(18-32)27(42)12-15-36)39-17-3-5-22(19-39)40-26-13-16-38-30(37)28(26)41(31(40)43)21-8-10-23(11-9-21)44-29-24(34)6-1-7-25(29)35/h1-2,4,6-11,13-14,16,22H,3,5,12,17-19H2,(H2,37,38)/t22?,32-/m1/s1. The SMILES string of the molecule is N#CCC(=O)C1=CC=C[C@@](Br)(N2CCCC(n3c(=O)n(-c4ccc(Oc5c(F)cccc5F)cc4)c4c(N)nccc43)C2)C1.